The van der Waals surface area contributed by atoms with E-state index in [1.165, 1.54) is 31.4 Å². The Labute approximate surface area is 97.2 Å². The van der Waals surface area contributed by atoms with Crippen LogP contribution in [0.5, 0.6) is 5.75 Å². The fraction of sp³-hybridized carbons (Fsp3) is 0.571. The van der Waals surface area contributed by atoms with Gasteiger partial charge in [-0.3, -0.25) is 0 Å². The number of hydrogen-bond acceptors (Lipinski definition) is 2. The largest absolute Gasteiger partial charge is 0.491 e. The van der Waals surface area contributed by atoms with Crippen molar-refractivity contribution in [1.82, 2.24) is 0 Å². The van der Waals surface area contributed by atoms with Crippen molar-refractivity contribution in [3.05, 3.63) is 24.3 Å². The van der Waals surface area contributed by atoms with E-state index in [1.54, 1.807) is 0 Å². The van der Waals surface area contributed by atoms with E-state index in [1.807, 2.05) is 0 Å². The number of anilines is 1. The monoisotopic (exact) mass is 217 g/mol. The molecule has 3 rings (SSSR count). The fourth-order valence-corrected chi connectivity index (χ4v) is 3.14. The van der Waals surface area contributed by atoms with E-state index >= 15 is 0 Å². The molecular weight excluding hydrogens is 198 g/mol. The SMILES string of the molecule is CN1c2ccccc2OCC2CCCCC21. The van der Waals surface area contributed by atoms with Crippen LogP contribution in [0.3, 0.4) is 0 Å². The van der Waals surface area contributed by atoms with Crippen molar-refractivity contribution >= 4 is 5.69 Å². The molecule has 1 saturated carbocycles. The van der Waals surface area contributed by atoms with Crippen LogP contribution in [0.2, 0.25) is 0 Å². The number of hydrogen-bond donors (Lipinski definition) is 0. The Balaban J connectivity index is 1.96. The molecule has 16 heavy (non-hydrogen) atoms. The maximum absolute atomic E-state index is 5.95. The lowest BCUT2D eigenvalue weighted by Crippen LogP contribution is -2.40. The van der Waals surface area contributed by atoms with Crippen molar-refractivity contribution in [1.29, 1.82) is 0 Å². The number of rotatable bonds is 0. The molecular formula is C14H19NO. The normalized spacial score (nSPS) is 28.7. The van der Waals surface area contributed by atoms with Crippen LogP contribution in [-0.2, 0) is 0 Å². The quantitative estimate of drug-likeness (QED) is 0.662. The van der Waals surface area contributed by atoms with Gasteiger partial charge in [-0.05, 0) is 25.0 Å². The Bertz CT molecular complexity index is 377. The van der Waals surface area contributed by atoms with Crippen LogP contribution in [0.25, 0.3) is 0 Å². The molecule has 0 spiro atoms. The number of ether oxygens (including phenoxy) is 1. The first kappa shape index (κ1) is 10.0. The van der Waals surface area contributed by atoms with Gasteiger partial charge in [0, 0.05) is 19.0 Å². The molecule has 1 aromatic carbocycles. The summed E-state index contributed by atoms with van der Waals surface area (Å²) >= 11 is 0. The maximum atomic E-state index is 5.95. The van der Waals surface area contributed by atoms with Gasteiger partial charge in [0.2, 0.25) is 0 Å². The second-order valence-electron chi connectivity index (χ2n) is 5.00. The first-order valence-electron chi connectivity index (χ1n) is 6.31. The average molecular weight is 217 g/mol. The first-order chi connectivity index (χ1) is 7.86. The molecule has 2 atom stereocenters. The number of para-hydroxylation sites is 2. The second-order valence-corrected chi connectivity index (χ2v) is 5.00. The van der Waals surface area contributed by atoms with Gasteiger partial charge in [-0.25, -0.2) is 0 Å². The predicted molar refractivity (Wildman–Crippen MR) is 66.1 cm³/mol. The van der Waals surface area contributed by atoms with E-state index in [2.05, 4.69) is 36.2 Å². The van der Waals surface area contributed by atoms with E-state index in [4.69, 9.17) is 4.74 Å². The standard InChI is InChI=1S/C14H19NO/c1-15-12-7-3-2-6-11(12)10-16-14-9-5-4-8-13(14)15/h4-5,8-9,11-12H,2-3,6-7,10H2,1H3. The summed E-state index contributed by atoms with van der Waals surface area (Å²) < 4.78 is 5.95. The lowest BCUT2D eigenvalue weighted by atomic mass is 9.84. The van der Waals surface area contributed by atoms with Crippen LogP contribution < -0.4 is 9.64 Å². The molecule has 0 aromatic heterocycles. The molecule has 2 nitrogen and oxygen atoms in total. The Morgan fingerprint density at radius 3 is 2.94 bits per heavy atom. The van der Waals surface area contributed by atoms with Crippen LogP contribution in [-0.4, -0.2) is 19.7 Å². The molecule has 1 aliphatic heterocycles. The van der Waals surface area contributed by atoms with Gasteiger partial charge in [-0.15, -0.1) is 0 Å². The topological polar surface area (TPSA) is 12.5 Å². The Kier molecular flexibility index (Phi) is 2.50. The van der Waals surface area contributed by atoms with Gasteiger partial charge in [-0.2, -0.15) is 0 Å². The van der Waals surface area contributed by atoms with Gasteiger partial charge >= 0.3 is 0 Å². The minimum absolute atomic E-state index is 0.678. The highest BCUT2D eigenvalue weighted by Crippen LogP contribution is 2.38. The van der Waals surface area contributed by atoms with E-state index in [0.29, 0.717) is 12.0 Å². The van der Waals surface area contributed by atoms with Crippen LogP contribution >= 0.6 is 0 Å². The molecule has 0 saturated heterocycles. The minimum atomic E-state index is 0.678. The van der Waals surface area contributed by atoms with Crippen LogP contribution in [0.15, 0.2) is 24.3 Å². The van der Waals surface area contributed by atoms with E-state index in [-0.39, 0.29) is 0 Å². The molecule has 0 bridgehead atoms. The Morgan fingerprint density at radius 2 is 2.00 bits per heavy atom. The Hall–Kier alpha value is -1.18. The highest BCUT2D eigenvalue weighted by atomic mass is 16.5. The summed E-state index contributed by atoms with van der Waals surface area (Å²) in [6.07, 6.45) is 5.38. The summed E-state index contributed by atoms with van der Waals surface area (Å²) in [6, 6.07) is 9.09. The molecule has 1 heterocycles. The van der Waals surface area contributed by atoms with E-state index in [9.17, 15) is 0 Å². The van der Waals surface area contributed by atoms with Crippen LogP contribution in [0.4, 0.5) is 5.69 Å². The minimum Gasteiger partial charge on any atom is -0.491 e. The molecule has 86 valence electrons. The number of nitrogens with zero attached hydrogens (tertiary/aromatic N) is 1. The zero-order chi connectivity index (χ0) is 11.0. The van der Waals surface area contributed by atoms with Crippen LogP contribution in [0.1, 0.15) is 25.7 Å². The zero-order valence-electron chi connectivity index (χ0n) is 9.86. The van der Waals surface area contributed by atoms with Gasteiger partial charge in [0.1, 0.15) is 5.75 Å². The smallest absolute Gasteiger partial charge is 0.142 e. The van der Waals surface area contributed by atoms with Gasteiger partial charge in [0.05, 0.1) is 12.3 Å². The van der Waals surface area contributed by atoms with Gasteiger partial charge in [-0.1, -0.05) is 25.0 Å². The molecule has 2 aliphatic rings. The zero-order valence-corrected chi connectivity index (χ0v) is 9.86. The summed E-state index contributed by atoms with van der Waals surface area (Å²) in [6.45, 7) is 0.895. The van der Waals surface area contributed by atoms with E-state index < -0.39 is 0 Å². The van der Waals surface area contributed by atoms with Crippen molar-refractivity contribution in [2.24, 2.45) is 5.92 Å². The van der Waals surface area contributed by atoms with Crippen molar-refractivity contribution in [2.45, 2.75) is 31.7 Å². The van der Waals surface area contributed by atoms with E-state index in [0.717, 1.165) is 12.4 Å². The third-order valence-electron chi connectivity index (χ3n) is 4.06. The van der Waals surface area contributed by atoms with Gasteiger partial charge < -0.3 is 9.64 Å². The van der Waals surface area contributed by atoms with Crippen molar-refractivity contribution in [2.75, 3.05) is 18.6 Å². The molecule has 0 N–H and O–H groups in total. The third kappa shape index (κ3) is 1.57. The molecule has 1 fully saturated rings. The molecule has 0 amide bonds. The molecule has 0 radical (unpaired) electrons. The highest BCUT2D eigenvalue weighted by molar-refractivity contribution is 5.59. The molecule has 1 aromatic rings. The summed E-state index contributed by atoms with van der Waals surface area (Å²) in [4.78, 5) is 2.44. The van der Waals surface area contributed by atoms with Crippen molar-refractivity contribution in [3.63, 3.8) is 0 Å². The van der Waals surface area contributed by atoms with Gasteiger partial charge in [0.25, 0.3) is 0 Å². The second kappa shape index (κ2) is 4.00. The summed E-state index contributed by atoms with van der Waals surface area (Å²) in [5, 5.41) is 0. The summed E-state index contributed by atoms with van der Waals surface area (Å²) in [7, 11) is 2.22. The summed E-state index contributed by atoms with van der Waals surface area (Å²) in [5.74, 6) is 1.77. The number of fused-ring (bicyclic) bond motifs is 2. The van der Waals surface area contributed by atoms with Crippen molar-refractivity contribution in [3.8, 4) is 5.75 Å². The molecule has 1 aliphatic carbocycles. The molecule has 2 heteroatoms. The lowest BCUT2D eigenvalue weighted by Gasteiger charge is -2.36. The average Bonchev–Trinajstić information content (AvgIpc) is 2.49. The van der Waals surface area contributed by atoms with Crippen LogP contribution in [0, 0.1) is 5.92 Å². The number of benzene rings is 1. The first-order valence-corrected chi connectivity index (χ1v) is 6.31. The third-order valence-corrected chi connectivity index (χ3v) is 4.06. The predicted octanol–water partition coefficient (Wildman–Crippen LogP) is 3.07. The fourth-order valence-electron chi connectivity index (χ4n) is 3.14. The molecule has 2 unspecified atom stereocenters. The summed E-state index contributed by atoms with van der Waals surface area (Å²) in [5.41, 5.74) is 1.26. The highest BCUT2D eigenvalue weighted by Gasteiger charge is 2.32. The Morgan fingerprint density at radius 1 is 1.19 bits per heavy atom. The maximum Gasteiger partial charge on any atom is 0.142 e. The van der Waals surface area contributed by atoms with Gasteiger partial charge in [0.15, 0.2) is 0 Å². The lowest BCUT2D eigenvalue weighted by molar-refractivity contribution is 0.198. The van der Waals surface area contributed by atoms with Crippen molar-refractivity contribution < 1.29 is 4.74 Å².